The summed E-state index contributed by atoms with van der Waals surface area (Å²) in [5, 5.41) is 0.538. The van der Waals surface area contributed by atoms with Gasteiger partial charge in [0.15, 0.2) is 0 Å². The van der Waals surface area contributed by atoms with Gasteiger partial charge >= 0.3 is 0 Å². The van der Waals surface area contributed by atoms with Crippen molar-refractivity contribution in [2.45, 2.75) is 24.8 Å². The summed E-state index contributed by atoms with van der Waals surface area (Å²) in [6, 6.07) is 11.9. The number of hydrogen-bond donors (Lipinski definition) is 1. The molecule has 0 aromatic heterocycles. The summed E-state index contributed by atoms with van der Waals surface area (Å²) in [4.78, 5) is 0.215. The molecule has 0 aliphatic heterocycles. The molecule has 6 heteroatoms. The number of hydrogen-bond acceptors (Lipinski definition) is 2. The smallest absolute Gasteiger partial charge is 0.207 e. The summed E-state index contributed by atoms with van der Waals surface area (Å²) in [5.41, 5.74) is 1.73. The minimum Gasteiger partial charge on any atom is -0.207 e. The standard InChI is InChI=1S/C15H15BrClNO2S/c1-10-7-8-15(13(16)9-10)21(19,20)18-11(2)12-5-3-4-6-14(12)17/h3-9,11,18H,1-2H3. The molecule has 112 valence electrons. The number of sulfonamides is 1. The van der Waals surface area contributed by atoms with Crippen molar-refractivity contribution in [1.82, 2.24) is 4.72 Å². The maximum absolute atomic E-state index is 12.5. The van der Waals surface area contributed by atoms with Crippen LogP contribution in [0.5, 0.6) is 0 Å². The van der Waals surface area contributed by atoms with Gasteiger partial charge in [0.25, 0.3) is 0 Å². The molecular weight excluding hydrogens is 374 g/mol. The number of aryl methyl sites for hydroxylation is 1. The molecule has 2 aromatic rings. The maximum Gasteiger partial charge on any atom is 0.242 e. The predicted molar refractivity (Wildman–Crippen MR) is 89.1 cm³/mol. The van der Waals surface area contributed by atoms with Crippen molar-refractivity contribution in [2.24, 2.45) is 0 Å². The van der Waals surface area contributed by atoms with Crippen molar-refractivity contribution >= 4 is 37.6 Å². The van der Waals surface area contributed by atoms with Gasteiger partial charge in [0.1, 0.15) is 0 Å². The first kappa shape index (κ1) is 16.5. The number of halogens is 2. The molecule has 0 amide bonds. The molecule has 2 aromatic carbocycles. The summed E-state index contributed by atoms with van der Waals surface area (Å²) in [6.45, 7) is 3.67. The summed E-state index contributed by atoms with van der Waals surface area (Å²) < 4.78 is 28.1. The van der Waals surface area contributed by atoms with Gasteiger partial charge in [-0.05, 0) is 59.1 Å². The molecule has 0 fully saturated rings. The third-order valence-electron chi connectivity index (χ3n) is 3.08. The Morgan fingerprint density at radius 1 is 1.19 bits per heavy atom. The van der Waals surface area contributed by atoms with E-state index in [4.69, 9.17) is 11.6 Å². The average Bonchev–Trinajstić information content (AvgIpc) is 2.37. The molecule has 2 rings (SSSR count). The average molecular weight is 389 g/mol. The minimum atomic E-state index is -3.63. The molecule has 0 aliphatic carbocycles. The van der Waals surface area contributed by atoms with Gasteiger partial charge in [0.2, 0.25) is 10.0 Å². The Morgan fingerprint density at radius 2 is 1.86 bits per heavy atom. The topological polar surface area (TPSA) is 46.2 Å². The zero-order chi connectivity index (χ0) is 15.6. The molecule has 1 unspecified atom stereocenters. The second kappa shape index (κ2) is 6.48. The lowest BCUT2D eigenvalue weighted by molar-refractivity contribution is 0.566. The Kier molecular flexibility index (Phi) is 5.09. The molecule has 0 saturated carbocycles. The highest BCUT2D eigenvalue weighted by Gasteiger charge is 2.21. The zero-order valence-electron chi connectivity index (χ0n) is 11.6. The van der Waals surface area contributed by atoms with E-state index in [2.05, 4.69) is 20.7 Å². The van der Waals surface area contributed by atoms with E-state index in [1.807, 2.05) is 19.1 Å². The highest BCUT2D eigenvalue weighted by Crippen LogP contribution is 2.27. The molecule has 0 spiro atoms. The highest BCUT2D eigenvalue weighted by atomic mass is 79.9. The van der Waals surface area contributed by atoms with E-state index in [1.54, 1.807) is 37.3 Å². The fourth-order valence-electron chi connectivity index (χ4n) is 2.01. The van der Waals surface area contributed by atoms with Crippen molar-refractivity contribution in [1.29, 1.82) is 0 Å². The van der Waals surface area contributed by atoms with E-state index in [0.717, 1.165) is 11.1 Å². The molecule has 0 radical (unpaired) electrons. The molecule has 1 atom stereocenters. The van der Waals surface area contributed by atoms with Crippen LogP contribution in [0.3, 0.4) is 0 Å². The van der Waals surface area contributed by atoms with Gasteiger partial charge in [-0.25, -0.2) is 13.1 Å². The lowest BCUT2D eigenvalue weighted by atomic mass is 10.1. The van der Waals surface area contributed by atoms with Gasteiger partial charge in [0.05, 0.1) is 4.90 Å². The zero-order valence-corrected chi connectivity index (χ0v) is 14.8. The van der Waals surface area contributed by atoms with Crippen molar-refractivity contribution < 1.29 is 8.42 Å². The first-order valence-corrected chi connectivity index (χ1v) is 8.99. The van der Waals surface area contributed by atoms with E-state index < -0.39 is 16.1 Å². The summed E-state index contributed by atoms with van der Waals surface area (Å²) in [5.74, 6) is 0. The number of nitrogens with one attached hydrogen (secondary N) is 1. The van der Waals surface area contributed by atoms with Crippen LogP contribution < -0.4 is 4.72 Å². The van der Waals surface area contributed by atoms with Crippen LogP contribution in [0.1, 0.15) is 24.1 Å². The normalized spacial score (nSPS) is 13.1. The Labute approximate surface area is 138 Å². The van der Waals surface area contributed by atoms with Crippen LogP contribution in [0, 0.1) is 6.92 Å². The number of benzene rings is 2. The van der Waals surface area contributed by atoms with Crippen molar-refractivity contribution in [2.75, 3.05) is 0 Å². The molecule has 21 heavy (non-hydrogen) atoms. The molecule has 3 nitrogen and oxygen atoms in total. The Balaban J connectivity index is 2.31. The van der Waals surface area contributed by atoms with Crippen LogP contribution in [-0.4, -0.2) is 8.42 Å². The van der Waals surface area contributed by atoms with Gasteiger partial charge in [-0.15, -0.1) is 0 Å². The third kappa shape index (κ3) is 3.86. The fourth-order valence-corrected chi connectivity index (χ4v) is 4.72. The second-order valence-corrected chi connectivity index (χ2v) is 7.74. The van der Waals surface area contributed by atoms with Crippen LogP contribution in [0.15, 0.2) is 51.8 Å². The Bertz CT molecular complexity index is 762. The first-order chi connectivity index (χ1) is 9.81. The van der Waals surface area contributed by atoms with Crippen molar-refractivity contribution in [3.8, 4) is 0 Å². The van der Waals surface area contributed by atoms with Gasteiger partial charge in [-0.3, -0.25) is 0 Å². The van der Waals surface area contributed by atoms with Crippen LogP contribution in [0.25, 0.3) is 0 Å². The van der Waals surface area contributed by atoms with E-state index in [0.29, 0.717) is 9.50 Å². The van der Waals surface area contributed by atoms with Crippen molar-refractivity contribution in [3.05, 3.63) is 63.1 Å². The van der Waals surface area contributed by atoms with Crippen molar-refractivity contribution in [3.63, 3.8) is 0 Å². The molecule has 0 heterocycles. The molecule has 0 saturated heterocycles. The second-order valence-electron chi connectivity index (χ2n) is 4.80. The lowest BCUT2D eigenvalue weighted by Crippen LogP contribution is -2.27. The van der Waals surface area contributed by atoms with E-state index in [-0.39, 0.29) is 4.90 Å². The SMILES string of the molecule is Cc1ccc(S(=O)(=O)NC(C)c2ccccc2Cl)c(Br)c1. The first-order valence-electron chi connectivity index (χ1n) is 6.34. The molecule has 1 N–H and O–H groups in total. The Morgan fingerprint density at radius 3 is 2.48 bits per heavy atom. The monoisotopic (exact) mass is 387 g/mol. The van der Waals surface area contributed by atoms with Crippen LogP contribution in [-0.2, 0) is 10.0 Å². The third-order valence-corrected chi connectivity index (χ3v) is 5.94. The van der Waals surface area contributed by atoms with Crippen LogP contribution in [0.4, 0.5) is 0 Å². The summed E-state index contributed by atoms with van der Waals surface area (Å²) >= 11 is 9.40. The predicted octanol–water partition coefficient (Wildman–Crippen LogP) is 4.45. The largest absolute Gasteiger partial charge is 0.242 e. The highest BCUT2D eigenvalue weighted by molar-refractivity contribution is 9.10. The summed E-state index contributed by atoms with van der Waals surface area (Å²) in [7, 11) is -3.63. The van der Waals surface area contributed by atoms with Gasteiger partial charge in [-0.2, -0.15) is 0 Å². The van der Waals surface area contributed by atoms with Crippen LogP contribution >= 0.6 is 27.5 Å². The quantitative estimate of drug-likeness (QED) is 0.841. The minimum absolute atomic E-state index is 0.215. The molecule has 0 aliphatic rings. The fraction of sp³-hybridized carbons (Fsp3) is 0.200. The number of rotatable bonds is 4. The lowest BCUT2D eigenvalue weighted by Gasteiger charge is -2.16. The van der Waals surface area contributed by atoms with E-state index in [1.165, 1.54) is 0 Å². The molecular formula is C15H15BrClNO2S. The molecule has 0 bridgehead atoms. The van der Waals surface area contributed by atoms with Crippen LogP contribution in [0.2, 0.25) is 5.02 Å². The van der Waals surface area contributed by atoms with Gasteiger partial charge in [-0.1, -0.05) is 35.9 Å². The van der Waals surface area contributed by atoms with Gasteiger partial charge in [0, 0.05) is 15.5 Å². The summed E-state index contributed by atoms with van der Waals surface area (Å²) in [6.07, 6.45) is 0. The van der Waals surface area contributed by atoms with Gasteiger partial charge < -0.3 is 0 Å². The Hall–Kier alpha value is -0.880. The maximum atomic E-state index is 12.5. The van der Waals surface area contributed by atoms with E-state index >= 15 is 0 Å². The van der Waals surface area contributed by atoms with E-state index in [9.17, 15) is 8.42 Å².